The molecular weight excluding hydrogens is 676 g/mol. The first-order chi connectivity index (χ1) is 24.1. The highest BCUT2D eigenvalue weighted by Gasteiger charge is 2.28. The summed E-state index contributed by atoms with van der Waals surface area (Å²) in [5.74, 6) is -0.670. The number of hydrogen-bond acceptors (Lipinski definition) is 10. The number of H-pyrrole nitrogens is 1. The molecule has 14 nitrogen and oxygen atoms in total. The maximum atomic E-state index is 13.5. The molecule has 51 heavy (non-hydrogen) atoms. The maximum absolute atomic E-state index is 13.5. The molecule has 1 aliphatic rings. The zero-order chi connectivity index (χ0) is 37.3. The molecule has 2 N–H and O–H groups in total. The van der Waals surface area contributed by atoms with E-state index in [1.54, 1.807) is 21.9 Å². The quantitative estimate of drug-likeness (QED) is 0.134. The van der Waals surface area contributed by atoms with Crippen LogP contribution in [0.5, 0.6) is 5.88 Å². The fourth-order valence-corrected chi connectivity index (χ4v) is 6.98. The van der Waals surface area contributed by atoms with Crippen LogP contribution in [0.3, 0.4) is 0 Å². The Hall–Kier alpha value is -4.63. The van der Waals surface area contributed by atoms with Gasteiger partial charge in [0.25, 0.3) is 0 Å². The van der Waals surface area contributed by atoms with Crippen molar-refractivity contribution in [2.75, 3.05) is 64.9 Å². The fourth-order valence-electron chi connectivity index (χ4n) is 5.82. The number of anilines is 1. The molecule has 278 valence electrons. The molecule has 2 amide bonds. The molecule has 2 aromatic carbocycles. The number of sulfonamides is 1. The summed E-state index contributed by atoms with van der Waals surface area (Å²) in [6.07, 6.45) is 3.55. The van der Waals surface area contributed by atoms with E-state index in [0.29, 0.717) is 75.3 Å². The number of fused-ring (bicyclic) bond motifs is 1. The van der Waals surface area contributed by atoms with Crippen molar-refractivity contribution in [3.63, 3.8) is 0 Å². The van der Waals surface area contributed by atoms with Crippen molar-refractivity contribution in [1.82, 2.24) is 19.1 Å². The van der Waals surface area contributed by atoms with Crippen molar-refractivity contribution in [3.05, 3.63) is 48.0 Å². The number of carbonyl (C=O) groups excluding carboxylic acids is 3. The average molecular weight is 727 g/mol. The minimum atomic E-state index is -4.04. The molecule has 0 saturated carbocycles. The summed E-state index contributed by atoms with van der Waals surface area (Å²) in [6.45, 7) is 9.97. The lowest BCUT2D eigenvalue weighted by atomic mass is 10.1. The Morgan fingerprint density at radius 2 is 1.75 bits per heavy atom. The first-order valence-corrected chi connectivity index (χ1v) is 18.6. The highest BCUT2D eigenvalue weighted by atomic mass is 32.2. The molecule has 3 aromatic rings. The lowest BCUT2D eigenvalue weighted by molar-refractivity contribution is -0.140. The molecular formula is C36H50N6O8S. The van der Waals surface area contributed by atoms with E-state index in [4.69, 9.17) is 4.74 Å². The van der Waals surface area contributed by atoms with Gasteiger partial charge in [0.15, 0.2) is 5.88 Å². The first-order valence-electron chi connectivity index (χ1n) is 17.2. The third-order valence-corrected chi connectivity index (χ3v) is 10.4. The van der Waals surface area contributed by atoms with Crippen molar-refractivity contribution in [3.8, 4) is 5.88 Å². The number of unbranched alkanes of at least 4 members (excludes halogenated alkanes) is 2. The van der Waals surface area contributed by atoms with Crippen LogP contribution in [-0.4, -0.2) is 122 Å². The van der Waals surface area contributed by atoms with Crippen LogP contribution in [0.25, 0.3) is 10.9 Å². The molecule has 2 heterocycles. The summed E-state index contributed by atoms with van der Waals surface area (Å²) in [6, 6.07) is 11.8. The second kappa shape index (κ2) is 17.1. The van der Waals surface area contributed by atoms with Crippen molar-refractivity contribution in [2.24, 2.45) is 4.99 Å². The topological polar surface area (TPSA) is 165 Å². The van der Waals surface area contributed by atoms with E-state index in [1.165, 1.54) is 32.5 Å². The standard InChI is InChI=1S/C36H50N6O8S/c1-7-40(18-10-8-9-17-32(44)49-6)31(43)25-39(5)51(47,48)27-14-11-13-26(23-27)37-24-28-33-29(38-34(28)45)15-12-16-30(33)41-19-21-42(22-20-41)35(46)50-36(2,3)4/h11-16,23-24,38,45H,7-10,17-22,25H2,1-6H3. The zero-order valence-corrected chi connectivity index (χ0v) is 31.2. The van der Waals surface area contributed by atoms with Gasteiger partial charge < -0.3 is 34.3 Å². The predicted molar refractivity (Wildman–Crippen MR) is 196 cm³/mol. The Labute approximate surface area is 300 Å². The lowest BCUT2D eigenvalue weighted by Crippen LogP contribution is -2.50. The van der Waals surface area contributed by atoms with Crippen LogP contribution in [0.4, 0.5) is 16.2 Å². The normalized spacial score (nSPS) is 14.0. The summed E-state index contributed by atoms with van der Waals surface area (Å²) in [5, 5.41) is 11.6. The number of benzene rings is 2. The van der Waals surface area contributed by atoms with E-state index in [0.717, 1.165) is 21.8 Å². The van der Waals surface area contributed by atoms with Crippen molar-refractivity contribution in [1.29, 1.82) is 0 Å². The number of aromatic amines is 1. The van der Waals surface area contributed by atoms with Gasteiger partial charge in [-0.1, -0.05) is 18.6 Å². The molecule has 0 spiro atoms. The Kier molecular flexibility index (Phi) is 13.1. The van der Waals surface area contributed by atoms with Gasteiger partial charge in [0.05, 0.1) is 35.3 Å². The number of amides is 2. The Bertz CT molecular complexity index is 1830. The SMILES string of the molecule is CCN(CCCCCC(=O)OC)C(=O)CN(C)S(=O)(=O)c1cccc(N=Cc2c(O)[nH]c3cccc(N4CCN(C(=O)OC(C)(C)C)CC4)c23)c1. The molecule has 0 atom stereocenters. The lowest BCUT2D eigenvalue weighted by Gasteiger charge is -2.37. The molecule has 0 unspecified atom stereocenters. The minimum Gasteiger partial charge on any atom is -0.494 e. The molecule has 1 aromatic heterocycles. The van der Waals surface area contributed by atoms with Crippen LogP contribution in [0.1, 0.15) is 58.9 Å². The van der Waals surface area contributed by atoms with Crippen LogP contribution in [-0.2, 0) is 29.1 Å². The van der Waals surface area contributed by atoms with E-state index in [2.05, 4.69) is 19.6 Å². The second-order valence-electron chi connectivity index (χ2n) is 13.4. The maximum Gasteiger partial charge on any atom is 0.410 e. The van der Waals surface area contributed by atoms with Gasteiger partial charge in [-0.3, -0.25) is 14.6 Å². The van der Waals surface area contributed by atoms with Gasteiger partial charge in [-0.05, 0) is 70.9 Å². The van der Waals surface area contributed by atoms with Gasteiger partial charge in [-0.2, -0.15) is 4.31 Å². The number of carbonyl (C=O) groups is 3. The van der Waals surface area contributed by atoms with Gasteiger partial charge >= 0.3 is 12.1 Å². The smallest absolute Gasteiger partial charge is 0.410 e. The number of aromatic hydroxyl groups is 1. The van der Waals surface area contributed by atoms with Crippen LogP contribution < -0.4 is 4.90 Å². The summed E-state index contributed by atoms with van der Waals surface area (Å²) < 4.78 is 38.2. The number of piperazine rings is 1. The second-order valence-corrected chi connectivity index (χ2v) is 15.5. The number of hydrogen-bond donors (Lipinski definition) is 2. The molecule has 4 rings (SSSR count). The third kappa shape index (κ3) is 10.2. The van der Waals surface area contributed by atoms with E-state index >= 15 is 0 Å². The summed E-state index contributed by atoms with van der Waals surface area (Å²) >= 11 is 0. The number of aliphatic imine (C=N–C) groups is 1. The molecule has 0 aliphatic carbocycles. The molecule has 0 radical (unpaired) electrons. The minimum absolute atomic E-state index is 0.0231. The number of nitrogens with one attached hydrogen (secondary N) is 1. The summed E-state index contributed by atoms with van der Waals surface area (Å²) in [7, 11) is -1.32. The number of aromatic nitrogens is 1. The third-order valence-electron chi connectivity index (χ3n) is 8.59. The predicted octanol–water partition coefficient (Wildman–Crippen LogP) is 4.88. The molecule has 15 heteroatoms. The average Bonchev–Trinajstić information content (AvgIpc) is 3.42. The monoisotopic (exact) mass is 726 g/mol. The molecule has 0 bridgehead atoms. The van der Waals surface area contributed by atoms with Crippen molar-refractivity contribution < 1.29 is 37.4 Å². The van der Waals surface area contributed by atoms with Gasteiger partial charge in [-0.15, -0.1) is 0 Å². The van der Waals surface area contributed by atoms with Gasteiger partial charge in [-0.25, -0.2) is 13.2 Å². The van der Waals surface area contributed by atoms with Crippen LogP contribution in [0, 0.1) is 0 Å². The van der Waals surface area contributed by atoms with Crippen LogP contribution in [0.15, 0.2) is 52.4 Å². The van der Waals surface area contributed by atoms with Crippen molar-refractivity contribution in [2.45, 2.75) is 63.9 Å². The molecule has 1 saturated heterocycles. The van der Waals surface area contributed by atoms with Gasteiger partial charge in [0, 0.05) is 70.0 Å². The summed E-state index contributed by atoms with van der Waals surface area (Å²) in [5.41, 5.74) is 1.76. The fraction of sp³-hybridized carbons (Fsp3) is 0.500. The largest absolute Gasteiger partial charge is 0.494 e. The van der Waals surface area contributed by atoms with E-state index in [1.807, 2.05) is 45.9 Å². The number of esters is 1. The zero-order valence-electron chi connectivity index (χ0n) is 30.3. The van der Waals surface area contributed by atoms with E-state index < -0.39 is 15.6 Å². The summed E-state index contributed by atoms with van der Waals surface area (Å²) in [4.78, 5) is 49.9. The Morgan fingerprint density at radius 3 is 2.41 bits per heavy atom. The number of methoxy groups -OCH3 is 1. The Balaban J connectivity index is 1.45. The van der Waals surface area contributed by atoms with Gasteiger partial charge in [0.1, 0.15) is 5.60 Å². The van der Waals surface area contributed by atoms with E-state index in [9.17, 15) is 27.9 Å². The number of likely N-dealkylation sites (N-methyl/N-ethyl adjacent to an activating group) is 2. The number of rotatable bonds is 14. The number of ether oxygens (including phenoxy) is 2. The highest BCUT2D eigenvalue weighted by molar-refractivity contribution is 7.89. The highest BCUT2D eigenvalue weighted by Crippen LogP contribution is 2.35. The molecule has 1 aliphatic heterocycles. The van der Waals surface area contributed by atoms with Crippen LogP contribution in [0.2, 0.25) is 0 Å². The van der Waals surface area contributed by atoms with Crippen molar-refractivity contribution >= 4 is 56.5 Å². The Morgan fingerprint density at radius 1 is 1.04 bits per heavy atom. The molecule has 1 fully saturated rings. The van der Waals surface area contributed by atoms with Crippen LogP contribution >= 0.6 is 0 Å². The number of nitrogens with zero attached hydrogens (tertiary/aromatic N) is 5. The van der Waals surface area contributed by atoms with E-state index in [-0.39, 0.29) is 35.3 Å². The van der Waals surface area contributed by atoms with Gasteiger partial charge in [0.2, 0.25) is 15.9 Å². The first kappa shape index (κ1) is 39.2.